The zero-order valence-electron chi connectivity index (χ0n) is 32.5. The molecule has 10 nitrogen and oxygen atoms in total. The highest BCUT2D eigenvalue weighted by atomic mass is 79.9. The number of ether oxygens (including phenoxy) is 5. The molecule has 0 aliphatic carbocycles. The fraction of sp³-hybridized carbons (Fsp3) is 0.378. The van der Waals surface area contributed by atoms with E-state index in [4.69, 9.17) is 23.7 Å². The van der Waals surface area contributed by atoms with Crippen molar-refractivity contribution in [1.82, 2.24) is 14.8 Å². The van der Waals surface area contributed by atoms with Gasteiger partial charge < -0.3 is 38.5 Å². The lowest BCUT2D eigenvalue weighted by atomic mass is 9.87. The minimum Gasteiger partial charge on any atom is -0.496 e. The van der Waals surface area contributed by atoms with Gasteiger partial charge in [-0.3, -0.25) is 4.79 Å². The number of carbonyl (C=O) groups excluding carboxylic acids is 2. The summed E-state index contributed by atoms with van der Waals surface area (Å²) in [6.45, 7) is 8.28. The number of methoxy groups -OCH3 is 1. The Labute approximate surface area is 338 Å². The van der Waals surface area contributed by atoms with Crippen molar-refractivity contribution in [1.29, 1.82) is 0 Å². The van der Waals surface area contributed by atoms with E-state index in [-0.39, 0.29) is 30.6 Å². The van der Waals surface area contributed by atoms with Gasteiger partial charge >= 0.3 is 6.09 Å². The highest BCUT2D eigenvalue weighted by Crippen LogP contribution is 2.35. The number of aromatic nitrogens is 1. The summed E-state index contributed by atoms with van der Waals surface area (Å²) in [5.74, 6) is 1.71. The van der Waals surface area contributed by atoms with Crippen molar-refractivity contribution in [3.8, 4) is 11.5 Å². The van der Waals surface area contributed by atoms with Gasteiger partial charge in [-0.25, -0.2) is 4.79 Å². The number of aryl methyl sites for hydroxylation is 1. The Balaban J connectivity index is 1.10. The molecular formula is C45H52BrN3O7. The molecule has 2 unspecified atom stereocenters. The van der Waals surface area contributed by atoms with Crippen molar-refractivity contribution in [3.05, 3.63) is 129 Å². The fourth-order valence-corrected chi connectivity index (χ4v) is 7.80. The van der Waals surface area contributed by atoms with Gasteiger partial charge in [-0.05, 0) is 69.7 Å². The molecule has 2 heterocycles. The molecule has 1 aliphatic heterocycles. The van der Waals surface area contributed by atoms with Crippen LogP contribution in [0.3, 0.4) is 0 Å². The van der Waals surface area contributed by atoms with Crippen LogP contribution in [0.15, 0.2) is 102 Å². The number of piperidine rings is 1. The number of hydrogen-bond acceptors (Lipinski definition) is 7. The van der Waals surface area contributed by atoms with Gasteiger partial charge in [-0.15, -0.1) is 0 Å². The van der Waals surface area contributed by atoms with Crippen LogP contribution in [0.2, 0.25) is 0 Å². The molecular weight excluding hydrogens is 774 g/mol. The van der Waals surface area contributed by atoms with Gasteiger partial charge in [0.2, 0.25) is 5.91 Å². The van der Waals surface area contributed by atoms with E-state index in [9.17, 15) is 9.59 Å². The van der Waals surface area contributed by atoms with Gasteiger partial charge in [0.1, 0.15) is 18.1 Å². The summed E-state index contributed by atoms with van der Waals surface area (Å²) >= 11 is 3.90. The van der Waals surface area contributed by atoms with Crippen LogP contribution in [0.25, 0.3) is 10.9 Å². The summed E-state index contributed by atoms with van der Waals surface area (Å²) in [6, 6.07) is 30.0. The first-order valence-electron chi connectivity index (χ1n) is 19.4. The van der Waals surface area contributed by atoms with Crippen LogP contribution in [0.5, 0.6) is 11.5 Å². The van der Waals surface area contributed by atoms with E-state index in [1.807, 2.05) is 73.7 Å². The number of carbonyl (C=O) groups is 2. The number of fused-ring (bicyclic) bond motifs is 1. The number of rotatable bonds is 18. The third kappa shape index (κ3) is 10.7. The number of para-hydroxylation sites is 1. The van der Waals surface area contributed by atoms with Crippen molar-refractivity contribution >= 4 is 38.8 Å². The molecule has 1 aromatic heterocycles. The van der Waals surface area contributed by atoms with Gasteiger partial charge in [0.25, 0.3) is 0 Å². The number of nitrogens with one attached hydrogen (secondary N) is 1. The summed E-state index contributed by atoms with van der Waals surface area (Å²) in [5.41, 5.74) is 6.34. The third-order valence-electron chi connectivity index (χ3n) is 10.2. The highest BCUT2D eigenvalue weighted by molar-refractivity contribution is 9.10. The van der Waals surface area contributed by atoms with E-state index in [0.29, 0.717) is 59.0 Å². The number of amides is 2. The second-order valence-corrected chi connectivity index (χ2v) is 14.8. The number of halogens is 1. The molecule has 0 bridgehead atoms. The molecule has 1 N–H and O–H groups in total. The van der Waals surface area contributed by atoms with Gasteiger partial charge in [-0.1, -0.05) is 79.7 Å². The molecule has 4 aromatic carbocycles. The maximum Gasteiger partial charge on any atom is 0.410 e. The minimum absolute atomic E-state index is 0.0377. The van der Waals surface area contributed by atoms with E-state index >= 15 is 0 Å². The van der Waals surface area contributed by atoms with E-state index in [0.717, 1.165) is 67.5 Å². The summed E-state index contributed by atoms with van der Waals surface area (Å²) in [6.07, 6.45) is 3.44. The molecule has 1 saturated heterocycles. The molecule has 0 spiro atoms. The Bertz CT molecular complexity index is 2040. The van der Waals surface area contributed by atoms with Crippen LogP contribution in [-0.2, 0) is 45.4 Å². The maximum atomic E-state index is 13.3. The highest BCUT2D eigenvalue weighted by Gasteiger charge is 2.34. The van der Waals surface area contributed by atoms with Crippen molar-refractivity contribution in [3.63, 3.8) is 0 Å². The number of benzene rings is 4. The van der Waals surface area contributed by atoms with Gasteiger partial charge in [0, 0.05) is 60.0 Å². The summed E-state index contributed by atoms with van der Waals surface area (Å²) < 4.78 is 33.0. The molecule has 11 heteroatoms. The van der Waals surface area contributed by atoms with E-state index in [1.54, 1.807) is 12.0 Å². The molecule has 0 radical (unpaired) electrons. The molecule has 2 amide bonds. The fourth-order valence-electron chi connectivity index (χ4n) is 7.11. The third-order valence-corrected chi connectivity index (χ3v) is 11.1. The van der Waals surface area contributed by atoms with Crippen LogP contribution in [0.4, 0.5) is 4.79 Å². The van der Waals surface area contributed by atoms with Crippen LogP contribution in [0.1, 0.15) is 59.9 Å². The molecule has 1 fully saturated rings. The molecule has 0 saturated carbocycles. The average molecular weight is 827 g/mol. The Kier molecular flexibility index (Phi) is 14.8. The first-order chi connectivity index (χ1) is 27.3. The van der Waals surface area contributed by atoms with E-state index < -0.39 is 0 Å². The molecule has 5 aromatic rings. The first-order valence-corrected chi connectivity index (χ1v) is 20.2. The standard InChI is InChI=1S/C45H52BrN3O7/c1-4-42(50)47-22-24-48-27-32(2)38-20-17-36(43(46)44(38)48)31-55-41-28-49(45(51)56-29-33-11-6-5-7-12-33)23-21-39(41)34-15-18-37(19-16-34)54-26-10-25-53-30-35-13-8-9-14-40(35)52-3/h5-9,11-20,27,39,41H,4,10,21-26,28-31H2,1-3H3,(H,47,50). The Morgan fingerprint density at radius 2 is 1.68 bits per heavy atom. The zero-order valence-corrected chi connectivity index (χ0v) is 34.1. The van der Waals surface area contributed by atoms with Crippen LogP contribution in [0, 0.1) is 6.92 Å². The molecule has 56 heavy (non-hydrogen) atoms. The van der Waals surface area contributed by atoms with Crippen molar-refractivity contribution in [2.75, 3.05) is 40.0 Å². The number of hydrogen-bond donors (Lipinski definition) is 1. The zero-order chi connectivity index (χ0) is 39.3. The second-order valence-electron chi connectivity index (χ2n) is 14.0. The largest absolute Gasteiger partial charge is 0.496 e. The van der Waals surface area contributed by atoms with Gasteiger partial charge in [-0.2, -0.15) is 0 Å². The summed E-state index contributed by atoms with van der Waals surface area (Å²) in [7, 11) is 1.67. The summed E-state index contributed by atoms with van der Waals surface area (Å²) in [5, 5.41) is 4.13. The molecule has 6 rings (SSSR count). The average Bonchev–Trinajstić information content (AvgIpc) is 3.56. The van der Waals surface area contributed by atoms with Gasteiger partial charge in [0.15, 0.2) is 0 Å². The summed E-state index contributed by atoms with van der Waals surface area (Å²) in [4.78, 5) is 26.9. The number of nitrogens with zero attached hydrogens (tertiary/aromatic N) is 2. The predicted molar refractivity (Wildman–Crippen MR) is 221 cm³/mol. The van der Waals surface area contributed by atoms with E-state index in [2.05, 4.69) is 63.2 Å². The van der Waals surface area contributed by atoms with Crippen LogP contribution >= 0.6 is 15.9 Å². The van der Waals surface area contributed by atoms with E-state index in [1.165, 1.54) is 0 Å². The minimum atomic E-state index is -0.345. The van der Waals surface area contributed by atoms with Crippen LogP contribution in [-0.4, -0.2) is 67.5 Å². The lowest BCUT2D eigenvalue weighted by Gasteiger charge is -2.38. The molecule has 296 valence electrons. The normalized spacial score (nSPS) is 15.5. The number of likely N-dealkylation sites (tertiary alicyclic amines) is 1. The monoisotopic (exact) mass is 825 g/mol. The lowest BCUT2D eigenvalue weighted by Crippen LogP contribution is -2.47. The Morgan fingerprint density at radius 3 is 2.46 bits per heavy atom. The predicted octanol–water partition coefficient (Wildman–Crippen LogP) is 8.94. The van der Waals surface area contributed by atoms with Crippen LogP contribution < -0.4 is 14.8 Å². The maximum absolute atomic E-state index is 13.3. The Hall–Kier alpha value is -4.84. The van der Waals surface area contributed by atoms with Crippen molar-refractivity contribution < 1.29 is 33.3 Å². The van der Waals surface area contributed by atoms with Gasteiger partial charge in [0.05, 0.1) is 51.7 Å². The Morgan fingerprint density at radius 1 is 0.893 bits per heavy atom. The quantitative estimate of drug-likeness (QED) is 0.0882. The second kappa shape index (κ2) is 20.4. The lowest BCUT2D eigenvalue weighted by molar-refractivity contribution is -0.120. The van der Waals surface area contributed by atoms with Crippen molar-refractivity contribution in [2.24, 2.45) is 0 Å². The molecule has 2 atom stereocenters. The first kappa shape index (κ1) is 40.8. The van der Waals surface area contributed by atoms with Crippen molar-refractivity contribution in [2.45, 2.75) is 71.5 Å². The topological polar surface area (TPSA) is 100 Å². The smallest absolute Gasteiger partial charge is 0.410 e. The SMILES string of the molecule is CCC(=O)NCCn1cc(C)c2ccc(COC3CN(C(=O)OCc4ccccc4)CCC3c3ccc(OCCCOCc4ccccc4OC)cc3)c(Br)c21. The molecule has 1 aliphatic rings.